The molecule has 6 heteroatoms. The van der Waals surface area contributed by atoms with Gasteiger partial charge >= 0.3 is 0 Å². The van der Waals surface area contributed by atoms with Gasteiger partial charge in [0.25, 0.3) is 5.69 Å². The summed E-state index contributed by atoms with van der Waals surface area (Å²) in [5.41, 5.74) is 2.04. The largest absolute Gasteiger partial charge is 0.504 e. The summed E-state index contributed by atoms with van der Waals surface area (Å²) >= 11 is 0. The molecule has 2 aromatic rings. The zero-order valence-electron chi connectivity index (χ0n) is 12.6. The number of non-ortho nitro benzene ring substituents is 1. The van der Waals surface area contributed by atoms with Gasteiger partial charge in [-0.25, -0.2) is 0 Å². The number of benzene rings is 2. The number of nitro benzene ring substituents is 1. The van der Waals surface area contributed by atoms with Crippen LogP contribution in [-0.2, 0) is 6.42 Å². The average Bonchev–Trinajstić information content (AvgIpc) is 2.56. The number of nitro groups is 1. The SMILES string of the molecule is C=CCc1cc(C=Nc2ccc([N+](=O)[O-])cc2)cc(OC)c1O. The molecule has 0 saturated carbocycles. The van der Waals surface area contributed by atoms with Crippen molar-refractivity contribution < 1.29 is 14.8 Å². The fourth-order valence-corrected chi connectivity index (χ4v) is 2.04. The van der Waals surface area contributed by atoms with Crippen LogP contribution in [0.25, 0.3) is 0 Å². The summed E-state index contributed by atoms with van der Waals surface area (Å²) in [6.07, 6.45) is 3.79. The molecule has 23 heavy (non-hydrogen) atoms. The van der Waals surface area contributed by atoms with E-state index in [0.717, 1.165) is 5.56 Å². The van der Waals surface area contributed by atoms with Crippen molar-refractivity contribution in [1.82, 2.24) is 0 Å². The molecule has 0 aromatic heterocycles. The summed E-state index contributed by atoms with van der Waals surface area (Å²) < 4.78 is 5.15. The average molecular weight is 312 g/mol. The van der Waals surface area contributed by atoms with Gasteiger partial charge in [0.2, 0.25) is 0 Å². The standard InChI is InChI=1S/C17H16N2O4/c1-3-4-13-9-12(10-16(23-2)17(13)20)11-18-14-5-7-15(8-6-14)19(21)22/h3,5-11,20H,1,4H2,2H3. The Balaban J connectivity index is 2.29. The van der Waals surface area contributed by atoms with Crippen molar-refractivity contribution in [2.75, 3.05) is 7.11 Å². The van der Waals surface area contributed by atoms with Crippen LogP contribution in [0.4, 0.5) is 11.4 Å². The monoisotopic (exact) mass is 312 g/mol. The van der Waals surface area contributed by atoms with E-state index in [1.54, 1.807) is 36.6 Å². The molecule has 0 fully saturated rings. The summed E-state index contributed by atoms with van der Waals surface area (Å²) in [5.74, 6) is 0.439. The van der Waals surface area contributed by atoms with Gasteiger partial charge in [0.05, 0.1) is 17.7 Å². The second-order valence-corrected chi connectivity index (χ2v) is 4.76. The second kappa shape index (κ2) is 7.22. The molecule has 0 radical (unpaired) electrons. The number of phenols is 1. The van der Waals surface area contributed by atoms with Gasteiger partial charge in [-0.15, -0.1) is 6.58 Å². The van der Waals surface area contributed by atoms with E-state index < -0.39 is 4.92 Å². The Labute approximate surface area is 133 Å². The molecule has 0 saturated heterocycles. The smallest absolute Gasteiger partial charge is 0.269 e. The maximum absolute atomic E-state index is 10.6. The number of aliphatic imine (C=N–C) groups is 1. The van der Waals surface area contributed by atoms with E-state index in [1.807, 2.05) is 0 Å². The molecule has 6 nitrogen and oxygen atoms in total. The van der Waals surface area contributed by atoms with E-state index in [1.165, 1.54) is 19.2 Å². The van der Waals surface area contributed by atoms with Crippen LogP contribution in [0, 0.1) is 10.1 Å². The van der Waals surface area contributed by atoms with E-state index in [-0.39, 0.29) is 11.4 Å². The van der Waals surface area contributed by atoms with Gasteiger partial charge in [0.1, 0.15) is 0 Å². The van der Waals surface area contributed by atoms with E-state index >= 15 is 0 Å². The number of ether oxygens (including phenoxy) is 1. The fraction of sp³-hybridized carbons (Fsp3) is 0.118. The molecule has 118 valence electrons. The first-order valence-corrected chi connectivity index (χ1v) is 6.84. The molecule has 0 amide bonds. The van der Waals surface area contributed by atoms with Crippen LogP contribution in [0.15, 0.2) is 54.0 Å². The summed E-state index contributed by atoms with van der Waals surface area (Å²) in [6, 6.07) is 9.37. The lowest BCUT2D eigenvalue weighted by Gasteiger charge is -2.09. The van der Waals surface area contributed by atoms with Crippen molar-refractivity contribution in [2.45, 2.75) is 6.42 Å². The van der Waals surface area contributed by atoms with Gasteiger partial charge in [-0.2, -0.15) is 0 Å². The van der Waals surface area contributed by atoms with Crippen LogP contribution in [-0.4, -0.2) is 23.4 Å². The first-order chi connectivity index (χ1) is 11.0. The Bertz CT molecular complexity index is 752. The highest BCUT2D eigenvalue weighted by Crippen LogP contribution is 2.31. The zero-order chi connectivity index (χ0) is 16.8. The summed E-state index contributed by atoms with van der Waals surface area (Å²) in [7, 11) is 1.48. The Morgan fingerprint density at radius 1 is 1.35 bits per heavy atom. The van der Waals surface area contributed by atoms with Gasteiger partial charge in [0.15, 0.2) is 11.5 Å². The maximum atomic E-state index is 10.6. The molecule has 1 N–H and O–H groups in total. The molecule has 0 unspecified atom stereocenters. The van der Waals surface area contributed by atoms with Gasteiger partial charge in [-0.05, 0) is 36.2 Å². The molecule has 0 bridgehead atoms. The van der Waals surface area contributed by atoms with Crippen molar-refractivity contribution >= 4 is 17.6 Å². The van der Waals surface area contributed by atoms with Crippen LogP contribution < -0.4 is 4.74 Å². The third kappa shape index (κ3) is 3.94. The molecule has 2 aromatic carbocycles. The third-order valence-corrected chi connectivity index (χ3v) is 3.18. The number of allylic oxidation sites excluding steroid dienone is 1. The van der Waals surface area contributed by atoms with Crippen molar-refractivity contribution in [3.8, 4) is 11.5 Å². The lowest BCUT2D eigenvalue weighted by atomic mass is 10.1. The Morgan fingerprint density at radius 2 is 2.04 bits per heavy atom. The van der Waals surface area contributed by atoms with Crippen molar-refractivity contribution in [2.24, 2.45) is 4.99 Å². The predicted octanol–water partition coefficient (Wildman–Crippen LogP) is 3.79. The molecule has 0 aliphatic heterocycles. The molecule has 0 spiro atoms. The number of hydrogen-bond acceptors (Lipinski definition) is 5. The quantitative estimate of drug-likeness (QED) is 0.380. The molecule has 0 heterocycles. The first-order valence-electron chi connectivity index (χ1n) is 6.84. The topological polar surface area (TPSA) is 85.0 Å². The first kappa shape index (κ1) is 16.2. The van der Waals surface area contributed by atoms with Crippen molar-refractivity contribution in [3.05, 3.63) is 70.3 Å². The Morgan fingerprint density at radius 3 is 2.61 bits per heavy atom. The van der Waals surface area contributed by atoms with Crippen LogP contribution in [0.1, 0.15) is 11.1 Å². The summed E-state index contributed by atoms with van der Waals surface area (Å²) in [5, 5.41) is 20.6. The summed E-state index contributed by atoms with van der Waals surface area (Å²) in [4.78, 5) is 14.4. The molecule has 0 aliphatic rings. The number of methoxy groups -OCH3 is 1. The van der Waals surface area contributed by atoms with Gasteiger partial charge < -0.3 is 9.84 Å². The number of nitrogens with zero attached hydrogens (tertiary/aromatic N) is 2. The minimum Gasteiger partial charge on any atom is -0.504 e. The molecular formula is C17H16N2O4. The van der Waals surface area contributed by atoms with E-state index in [4.69, 9.17) is 4.74 Å². The van der Waals surface area contributed by atoms with E-state index in [0.29, 0.717) is 23.4 Å². The highest BCUT2D eigenvalue weighted by atomic mass is 16.6. The maximum Gasteiger partial charge on any atom is 0.269 e. The minimum absolute atomic E-state index is 0.0171. The molecule has 0 aliphatic carbocycles. The van der Waals surface area contributed by atoms with E-state index in [9.17, 15) is 15.2 Å². The normalized spacial score (nSPS) is 10.7. The van der Waals surface area contributed by atoms with Crippen LogP contribution in [0.3, 0.4) is 0 Å². The van der Waals surface area contributed by atoms with E-state index in [2.05, 4.69) is 11.6 Å². The molecular weight excluding hydrogens is 296 g/mol. The number of aromatic hydroxyl groups is 1. The van der Waals surface area contributed by atoms with Gasteiger partial charge in [-0.1, -0.05) is 6.08 Å². The van der Waals surface area contributed by atoms with Crippen LogP contribution in [0.2, 0.25) is 0 Å². The van der Waals surface area contributed by atoms with Crippen LogP contribution in [0.5, 0.6) is 11.5 Å². The predicted molar refractivity (Wildman–Crippen MR) is 88.9 cm³/mol. The lowest BCUT2D eigenvalue weighted by molar-refractivity contribution is -0.384. The Kier molecular flexibility index (Phi) is 5.09. The zero-order valence-corrected chi connectivity index (χ0v) is 12.6. The molecule has 0 atom stereocenters. The fourth-order valence-electron chi connectivity index (χ4n) is 2.04. The number of hydrogen-bond donors (Lipinski definition) is 1. The number of rotatable bonds is 6. The minimum atomic E-state index is -0.458. The summed E-state index contributed by atoms with van der Waals surface area (Å²) in [6.45, 7) is 3.66. The van der Waals surface area contributed by atoms with Gasteiger partial charge in [0, 0.05) is 23.9 Å². The highest BCUT2D eigenvalue weighted by Gasteiger charge is 2.09. The second-order valence-electron chi connectivity index (χ2n) is 4.76. The third-order valence-electron chi connectivity index (χ3n) is 3.18. The number of phenolic OH excluding ortho intramolecular Hbond substituents is 1. The van der Waals surface area contributed by atoms with Gasteiger partial charge in [-0.3, -0.25) is 15.1 Å². The Hall–Kier alpha value is -3.15. The van der Waals surface area contributed by atoms with Crippen molar-refractivity contribution in [3.63, 3.8) is 0 Å². The lowest BCUT2D eigenvalue weighted by Crippen LogP contribution is -1.93. The highest BCUT2D eigenvalue weighted by molar-refractivity contribution is 5.83. The van der Waals surface area contributed by atoms with Crippen molar-refractivity contribution in [1.29, 1.82) is 0 Å². The van der Waals surface area contributed by atoms with Crippen LogP contribution >= 0.6 is 0 Å². The molecule has 2 rings (SSSR count).